The van der Waals surface area contributed by atoms with Crippen molar-refractivity contribution in [2.24, 2.45) is 0 Å². The molecule has 2 aromatic rings. The highest BCUT2D eigenvalue weighted by atomic mass is 16.5. The summed E-state index contributed by atoms with van der Waals surface area (Å²) in [5, 5.41) is 2.77. The van der Waals surface area contributed by atoms with Gasteiger partial charge in [0.1, 0.15) is 12.4 Å². The highest BCUT2D eigenvalue weighted by molar-refractivity contribution is 5.95. The monoisotopic (exact) mass is 325 g/mol. The van der Waals surface area contributed by atoms with E-state index in [2.05, 4.69) is 10.3 Å². The van der Waals surface area contributed by atoms with Crippen molar-refractivity contribution in [3.05, 3.63) is 59.8 Å². The van der Waals surface area contributed by atoms with Crippen LogP contribution in [0.1, 0.15) is 17.3 Å². The largest absolute Gasteiger partial charge is 0.356 e. The van der Waals surface area contributed by atoms with Crippen LogP contribution in [0.15, 0.2) is 48.5 Å². The summed E-state index contributed by atoms with van der Waals surface area (Å²) in [6, 6.07) is 14.3. The lowest BCUT2D eigenvalue weighted by Gasteiger charge is -2.38. The fraction of sp³-hybridized carbons (Fsp3) is 0.278. The van der Waals surface area contributed by atoms with E-state index in [9.17, 15) is 9.59 Å². The van der Waals surface area contributed by atoms with E-state index in [1.54, 1.807) is 18.0 Å². The van der Waals surface area contributed by atoms with Crippen LogP contribution in [0, 0.1) is 6.92 Å². The van der Waals surface area contributed by atoms with Gasteiger partial charge in [0, 0.05) is 12.7 Å². The summed E-state index contributed by atoms with van der Waals surface area (Å²) in [4.78, 5) is 30.5. The van der Waals surface area contributed by atoms with E-state index in [-0.39, 0.29) is 18.4 Å². The topological polar surface area (TPSA) is 71.5 Å². The number of hydrogen-bond acceptors (Lipinski definition) is 4. The van der Waals surface area contributed by atoms with Gasteiger partial charge in [0.2, 0.25) is 5.91 Å². The number of likely N-dealkylation sites (N-methyl/N-ethyl adjacent to an activating group) is 1. The third-order valence-corrected chi connectivity index (χ3v) is 4.02. The van der Waals surface area contributed by atoms with Crippen LogP contribution in [0.2, 0.25) is 0 Å². The molecule has 6 nitrogen and oxygen atoms in total. The van der Waals surface area contributed by atoms with E-state index in [1.807, 2.05) is 49.4 Å². The summed E-state index contributed by atoms with van der Waals surface area (Å²) >= 11 is 0. The van der Waals surface area contributed by atoms with Crippen molar-refractivity contribution in [1.29, 1.82) is 0 Å². The maximum Gasteiger partial charge on any atom is 0.257 e. The molecule has 0 unspecified atom stereocenters. The highest BCUT2D eigenvalue weighted by Crippen LogP contribution is 2.29. The molecule has 2 amide bonds. The lowest BCUT2D eigenvalue weighted by molar-refractivity contribution is -0.160. The van der Waals surface area contributed by atoms with Crippen molar-refractivity contribution < 1.29 is 14.3 Å². The minimum absolute atomic E-state index is 0.112. The number of amides is 2. The molecule has 0 spiro atoms. The van der Waals surface area contributed by atoms with Crippen LogP contribution in [-0.2, 0) is 14.3 Å². The second kappa shape index (κ2) is 6.80. The molecule has 2 heterocycles. The molecule has 24 heavy (non-hydrogen) atoms. The lowest BCUT2D eigenvalue weighted by atomic mass is 9.97. The fourth-order valence-electron chi connectivity index (χ4n) is 2.79. The first-order valence-corrected chi connectivity index (χ1v) is 7.73. The molecule has 1 fully saturated rings. The van der Waals surface area contributed by atoms with Crippen molar-refractivity contribution in [3.63, 3.8) is 0 Å². The Morgan fingerprint density at radius 1 is 1.21 bits per heavy atom. The number of aromatic nitrogens is 1. The molecule has 0 radical (unpaired) electrons. The standard InChI is InChI=1S/C18H19N3O3/c1-12-7-6-10-14(19-12)20-18(23)17-16(13-8-4-3-5-9-13)21(2)15(22)11-24-17/h3-10,16-17H,11H2,1-2H3,(H,19,20,23)/t16-,17+/m1/s1. The van der Waals surface area contributed by atoms with Crippen LogP contribution in [-0.4, -0.2) is 41.5 Å². The number of ether oxygens (including phenoxy) is 1. The molecule has 1 N–H and O–H groups in total. The number of hydrogen-bond donors (Lipinski definition) is 1. The third kappa shape index (κ3) is 3.28. The lowest BCUT2D eigenvalue weighted by Crippen LogP contribution is -2.51. The maximum atomic E-state index is 12.7. The van der Waals surface area contributed by atoms with Gasteiger partial charge in [0.25, 0.3) is 5.91 Å². The molecule has 1 aromatic heterocycles. The van der Waals surface area contributed by atoms with Crippen molar-refractivity contribution in [3.8, 4) is 0 Å². The number of morpholine rings is 1. The summed E-state index contributed by atoms with van der Waals surface area (Å²) in [5.74, 6) is -0.00199. The van der Waals surface area contributed by atoms with Crippen molar-refractivity contribution >= 4 is 17.6 Å². The molecule has 6 heteroatoms. The Kier molecular flexibility index (Phi) is 4.57. The van der Waals surface area contributed by atoms with E-state index in [4.69, 9.17) is 4.74 Å². The Labute approximate surface area is 140 Å². The molecule has 0 aliphatic carbocycles. The average Bonchev–Trinajstić information content (AvgIpc) is 2.58. The van der Waals surface area contributed by atoms with Gasteiger partial charge in [-0.15, -0.1) is 0 Å². The predicted molar refractivity (Wildman–Crippen MR) is 89.3 cm³/mol. The SMILES string of the molecule is Cc1cccc(NC(=O)[C@H]2OCC(=O)N(C)[C@@H]2c2ccccc2)n1. The summed E-state index contributed by atoms with van der Waals surface area (Å²) < 4.78 is 5.56. The fourth-order valence-corrected chi connectivity index (χ4v) is 2.79. The van der Waals surface area contributed by atoms with Crippen LogP contribution < -0.4 is 5.32 Å². The highest BCUT2D eigenvalue weighted by Gasteiger charge is 2.40. The number of aryl methyl sites for hydroxylation is 1. The van der Waals surface area contributed by atoms with Crippen LogP contribution >= 0.6 is 0 Å². The Morgan fingerprint density at radius 3 is 2.67 bits per heavy atom. The second-order valence-electron chi connectivity index (χ2n) is 5.75. The molecule has 0 saturated carbocycles. The second-order valence-corrected chi connectivity index (χ2v) is 5.75. The first-order chi connectivity index (χ1) is 11.6. The van der Waals surface area contributed by atoms with E-state index in [1.165, 1.54) is 0 Å². The minimum Gasteiger partial charge on any atom is -0.356 e. The molecule has 3 rings (SSSR count). The van der Waals surface area contributed by atoms with Gasteiger partial charge in [-0.2, -0.15) is 0 Å². The van der Waals surface area contributed by atoms with Crippen LogP contribution in [0.3, 0.4) is 0 Å². The van der Waals surface area contributed by atoms with Crippen LogP contribution in [0.5, 0.6) is 0 Å². The first kappa shape index (κ1) is 16.1. The zero-order valence-corrected chi connectivity index (χ0v) is 13.6. The molecule has 1 aromatic carbocycles. The van der Waals surface area contributed by atoms with Gasteiger partial charge in [0.05, 0.1) is 6.04 Å². The number of rotatable bonds is 3. The number of nitrogens with zero attached hydrogens (tertiary/aromatic N) is 2. The zero-order chi connectivity index (χ0) is 17.1. The number of pyridine rings is 1. The van der Waals surface area contributed by atoms with E-state index < -0.39 is 12.1 Å². The van der Waals surface area contributed by atoms with E-state index in [0.29, 0.717) is 5.82 Å². The summed E-state index contributed by atoms with van der Waals surface area (Å²) in [5.41, 5.74) is 1.66. The Morgan fingerprint density at radius 2 is 1.96 bits per heavy atom. The Hall–Kier alpha value is -2.73. The first-order valence-electron chi connectivity index (χ1n) is 7.73. The Bertz CT molecular complexity index is 748. The van der Waals surface area contributed by atoms with Gasteiger partial charge in [-0.25, -0.2) is 4.98 Å². The van der Waals surface area contributed by atoms with Gasteiger partial charge in [-0.05, 0) is 24.6 Å². The maximum absolute atomic E-state index is 12.7. The normalized spacial score (nSPS) is 20.8. The van der Waals surface area contributed by atoms with E-state index >= 15 is 0 Å². The quantitative estimate of drug-likeness (QED) is 0.936. The Balaban J connectivity index is 1.86. The van der Waals surface area contributed by atoms with Gasteiger partial charge in [-0.1, -0.05) is 36.4 Å². The molecule has 1 aliphatic rings. The molecule has 124 valence electrons. The average molecular weight is 325 g/mol. The van der Waals surface area contributed by atoms with Crippen molar-refractivity contribution in [1.82, 2.24) is 9.88 Å². The number of carbonyl (C=O) groups excluding carboxylic acids is 2. The molecule has 0 bridgehead atoms. The van der Waals surface area contributed by atoms with Crippen molar-refractivity contribution in [2.75, 3.05) is 19.0 Å². The number of carbonyl (C=O) groups is 2. The smallest absolute Gasteiger partial charge is 0.257 e. The van der Waals surface area contributed by atoms with Crippen LogP contribution in [0.4, 0.5) is 5.82 Å². The van der Waals surface area contributed by atoms with Gasteiger partial charge in [0.15, 0.2) is 6.10 Å². The van der Waals surface area contributed by atoms with Gasteiger partial charge in [-0.3, -0.25) is 9.59 Å². The zero-order valence-electron chi connectivity index (χ0n) is 13.6. The molecular weight excluding hydrogens is 306 g/mol. The third-order valence-electron chi connectivity index (χ3n) is 4.02. The van der Waals surface area contributed by atoms with Crippen LogP contribution in [0.25, 0.3) is 0 Å². The predicted octanol–water partition coefficient (Wildman–Crippen LogP) is 1.93. The van der Waals surface area contributed by atoms with Gasteiger partial charge >= 0.3 is 0 Å². The number of anilines is 1. The molecule has 2 atom stereocenters. The van der Waals surface area contributed by atoms with E-state index in [0.717, 1.165) is 11.3 Å². The molecular formula is C18H19N3O3. The minimum atomic E-state index is -0.794. The van der Waals surface area contributed by atoms with Gasteiger partial charge < -0.3 is 15.0 Å². The molecule has 1 saturated heterocycles. The molecule has 1 aliphatic heterocycles. The van der Waals surface area contributed by atoms with Crippen molar-refractivity contribution in [2.45, 2.75) is 19.1 Å². The number of nitrogens with one attached hydrogen (secondary N) is 1. The summed E-state index contributed by atoms with van der Waals surface area (Å²) in [7, 11) is 1.69. The summed E-state index contributed by atoms with van der Waals surface area (Å²) in [6.45, 7) is 1.74. The number of benzene rings is 1. The summed E-state index contributed by atoms with van der Waals surface area (Å²) in [6.07, 6.45) is -0.794.